The fraction of sp³-hybridized carbons (Fsp3) is 0.458. The van der Waals surface area contributed by atoms with Crippen molar-refractivity contribution in [1.29, 1.82) is 0 Å². The van der Waals surface area contributed by atoms with Crippen molar-refractivity contribution in [3.8, 4) is 0 Å². The molecule has 0 atom stereocenters. The lowest BCUT2D eigenvalue weighted by Gasteiger charge is -2.34. The molecule has 0 aliphatic carbocycles. The van der Waals surface area contributed by atoms with Gasteiger partial charge in [0.25, 0.3) is 11.8 Å². The number of rotatable bonds is 5. The molecule has 166 valence electrons. The number of ether oxygens (including phenoxy) is 1. The van der Waals surface area contributed by atoms with E-state index in [0.717, 1.165) is 0 Å². The third kappa shape index (κ3) is 4.65. The van der Waals surface area contributed by atoms with Crippen LogP contribution in [0.2, 0.25) is 0 Å². The lowest BCUT2D eigenvalue weighted by molar-refractivity contribution is 0.0522. The zero-order chi connectivity index (χ0) is 22.7. The summed E-state index contributed by atoms with van der Waals surface area (Å²) in [6.07, 6.45) is 0. The lowest BCUT2D eigenvalue weighted by Crippen LogP contribution is -2.50. The summed E-state index contributed by atoms with van der Waals surface area (Å²) in [6, 6.07) is 7.73. The summed E-state index contributed by atoms with van der Waals surface area (Å²) in [6.45, 7) is 11.6. The lowest BCUT2D eigenvalue weighted by atomic mass is 10.0. The summed E-state index contributed by atoms with van der Waals surface area (Å²) in [5.41, 5.74) is 3.92. The van der Waals surface area contributed by atoms with Gasteiger partial charge in [0.05, 0.1) is 12.2 Å². The number of benzene rings is 1. The highest BCUT2D eigenvalue weighted by Crippen LogP contribution is 2.22. The number of hydrogen-bond donors (Lipinski definition) is 1. The first kappa shape index (κ1) is 22.6. The molecule has 1 aromatic carbocycles. The molecule has 7 heteroatoms. The molecule has 31 heavy (non-hydrogen) atoms. The largest absolute Gasteiger partial charge is 0.462 e. The van der Waals surface area contributed by atoms with Gasteiger partial charge in [0, 0.05) is 37.4 Å². The van der Waals surface area contributed by atoms with Crippen LogP contribution in [-0.2, 0) is 4.74 Å². The minimum Gasteiger partial charge on any atom is -0.462 e. The van der Waals surface area contributed by atoms with Crippen LogP contribution in [-0.4, -0.2) is 65.4 Å². The van der Waals surface area contributed by atoms with Crippen LogP contribution in [0.3, 0.4) is 0 Å². The molecule has 0 unspecified atom stereocenters. The molecule has 2 aromatic rings. The minimum atomic E-state index is -0.424. The summed E-state index contributed by atoms with van der Waals surface area (Å²) < 4.78 is 5.10. The first-order chi connectivity index (χ1) is 14.7. The van der Waals surface area contributed by atoms with Crippen molar-refractivity contribution in [3.05, 3.63) is 57.9 Å². The molecule has 1 saturated heterocycles. The normalized spacial score (nSPS) is 14.1. The SMILES string of the molecule is CCOC(=O)c1c(C)[nH]c(C(=O)N2CCN(C(=O)c3ccc(C(C)C)cc3)CC2)c1C. The van der Waals surface area contributed by atoms with E-state index in [1.54, 1.807) is 30.6 Å². The van der Waals surface area contributed by atoms with Crippen LogP contribution in [0, 0.1) is 13.8 Å². The predicted octanol–water partition coefficient (Wildman–Crippen LogP) is 3.53. The molecule has 0 bridgehead atoms. The van der Waals surface area contributed by atoms with E-state index < -0.39 is 5.97 Å². The fourth-order valence-electron chi connectivity index (χ4n) is 3.94. The molecule has 1 aliphatic heterocycles. The number of carbonyl (C=O) groups is 3. The molecule has 1 fully saturated rings. The van der Waals surface area contributed by atoms with Crippen molar-refractivity contribution in [2.45, 2.75) is 40.5 Å². The Balaban J connectivity index is 1.65. The van der Waals surface area contributed by atoms with Gasteiger partial charge >= 0.3 is 5.97 Å². The average Bonchev–Trinajstić information content (AvgIpc) is 3.07. The van der Waals surface area contributed by atoms with Gasteiger partial charge < -0.3 is 19.5 Å². The predicted molar refractivity (Wildman–Crippen MR) is 119 cm³/mol. The first-order valence-corrected chi connectivity index (χ1v) is 10.8. The van der Waals surface area contributed by atoms with Gasteiger partial charge in [-0.25, -0.2) is 4.79 Å². The number of esters is 1. The maximum Gasteiger partial charge on any atom is 0.340 e. The van der Waals surface area contributed by atoms with Crippen LogP contribution in [0.1, 0.15) is 74.7 Å². The molecule has 1 aromatic heterocycles. The Hall–Kier alpha value is -3.09. The van der Waals surface area contributed by atoms with E-state index in [9.17, 15) is 14.4 Å². The van der Waals surface area contributed by atoms with E-state index in [1.165, 1.54) is 5.56 Å². The highest BCUT2D eigenvalue weighted by atomic mass is 16.5. The van der Waals surface area contributed by atoms with Crippen LogP contribution in [0.4, 0.5) is 0 Å². The van der Waals surface area contributed by atoms with E-state index in [0.29, 0.717) is 60.2 Å². The molecule has 1 N–H and O–H groups in total. The fourth-order valence-corrected chi connectivity index (χ4v) is 3.94. The monoisotopic (exact) mass is 425 g/mol. The van der Waals surface area contributed by atoms with Crippen LogP contribution < -0.4 is 0 Å². The molecule has 2 amide bonds. The number of aryl methyl sites for hydroxylation is 1. The molecular formula is C24H31N3O4. The van der Waals surface area contributed by atoms with Crippen molar-refractivity contribution in [3.63, 3.8) is 0 Å². The molecule has 2 heterocycles. The number of amides is 2. The molecule has 0 spiro atoms. The highest BCUT2D eigenvalue weighted by Gasteiger charge is 2.29. The maximum atomic E-state index is 13.1. The van der Waals surface area contributed by atoms with Crippen LogP contribution in [0.5, 0.6) is 0 Å². The topological polar surface area (TPSA) is 82.7 Å². The number of H-pyrrole nitrogens is 1. The second-order valence-corrected chi connectivity index (χ2v) is 8.21. The summed E-state index contributed by atoms with van der Waals surface area (Å²) in [7, 11) is 0. The van der Waals surface area contributed by atoms with Crippen LogP contribution >= 0.6 is 0 Å². The number of nitrogens with zero attached hydrogens (tertiary/aromatic N) is 2. The second-order valence-electron chi connectivity index (χ2n) is 8.21. The van der Waals surface area contributed by atoms with Gasteiger partial charge in [0.15, 0.2) is 0 Å². The Morgan fingerprint density at radius 1 is 0.968 bits per heavy atom. The van der Waals surface area contributed by atoms with Crippen molar-refractivity contribution >= 4 is 17.8 Å². The van der Waals surface area contributed by atoms with Crippen molar-refractivity contribution in [2.75, 3.05) is 32.8 Å². The quantitative estimate of drug-likeness (QED) is 0.743. The number of nitrogens with one attached hydrogen (secondary N) is 1. The number of aromatic amines is 1. The van der Waals surface area contributed by atoms with E-state index in [4.69, 9.17) is 4.74 Å². The standard InChI is InChI=1S/C24H31N3O4/c1-6-31-24(30)20-16(4)21(25-17(20)5)23(29)27-13-11-26(12-14-27)22(28)19-9-7-18(8-10-19)15(2)3/h7-10,15,25H,6,11-14H2,1-5H3. The Kier molecular flexibility index (Phi) is 6.83. The van der Waals surface area contributed by atoms with Gasteiger partial charge in [0.2, 0.25) is 0 Å². The molecule has 0 saturated carbocycles. The van der Waals surface area contributed by atoms with Gasteiger partial charge in [0.1, 0.15) is 5.69 Å². The summed E-state index contributed by atoms with van der Waals surface area (Å²) in [5, 5.41) is 0. The Labute approximate surface area is 183 Å². The van der Waals surface area contributed by atoms with Crippen molar-refractivity contribution in [1.82, 2.24) is 14.8 Å². The number of carbonyl (C=O) groups excluding carboxylic acids is 3. The first-order valence-electron chi connectivity index (χ1n) is 10.8. The maximum absolute atomic E-state index is 13.1. The van der Waals surface area contributed by atoms with Gasteiger partial charge in [-0.3, -0.25) is 9.59 Å². The highest BCUT2D eigenvalue weighted by molar-refractivity contribution is 6.00. The summed E-state index contributed by atoms with van der Waals surface area (Å²) >= 11 is 0. The molecule has 0 radical (unpaired) electrons. The van der Waals surface area contributed by atoms with E-state index in [-0.39, 0.29) is 18.4 Å². The Bertz CT molecular complexity index is 967. The zero-order valence-corrected chi connectivity index (χ0v) is 18.9. The molecule has 7 nitrogen and oxygen atoms in total. The third-order valence-corrected chi connectivity index (χ3v) is 5.81. The smallest absolute Gasteiger partial charge is 0.340 e. The summed E-state index contributed by atoms with van der Waals surface area (Å²) in [4.78, 5) is 44.6. The molecule has 3 rings (SSSR count). The van der Waals surface area contributed by atoms with Crippen LogP contribution in [0.15, 0.2) is 24.3 Å². The van der Waals surface area contributed by atoms with E-state index >= 15 is 0 Å². The molecular weight excluding hydrogens is 394 g/mol. The van der Waals surface area contributed by atoms with E-state index in [1.807, 2.05) is 24.3 Å². The van der Waals surface area contributed by atoms with Crippen LogP contribution in [0.25, 0.3) is 0 Å². The van der Waals surface area contributed by atoms with E-state index in [2.05, 4.69) is 18.8 Å². The number of hydrogen-bond acceptors (Lipinski definition) is 4. The second kappa shape index (κ2) is 9.37. The molecule has 1 aliphatic rings. The average molecular weight is 426 g/mol. The van der Waals surface area contributed by atoms with Crippen molar-refractivity contribution in [2.24, 2.45) is 0 Å². The Morgan fingerprint density at radius 2 is 1.52 bits per heavy atom. The summed E-state index contributed by atoms with van der Waals surface area (Å²) in [5.74, 6) is -0.182. The number of piperazine rings is 1. The van der Waals surface area contributed by atoms with Gasteiger partial charge in [-0.1, -0.05) is 26.0 Å². The van der Waals surface area contributed by atoms with Gasteiger partial charge in [-0.15, -0.1) is 0 Å². The van der Waals surface area contributed by atoms with Gasteiger partial charge in [-0.05, 0) is 49.9 Å². The minimum absolute atomic E-state index is 0.0149. The zero-order valence-electron chi connectivity index (χ0n) is 18.9. The van der Waals surface area contributed by atoms with Crippen molar-refractivity contribution < 1.29 is 19.1 Å². The number of aromatic nitrogens is 1. The van der Waals surface area contributed by atoms with Gasteiger partial charge in [-0.2, -0.15) is 0 Å². The Morgan fingerprint density at radius 3 is 2.03 bits per heavy atom. The third-order valence-electron chi connectivity index (χ3n) is 5.81.